The van der Waals surface area contributed by atoms with Crippen molar-refractivity contribution in [2.24, 2.45) is 0 Å². The number of carbonyl (C=O) groups is 1. The lowest BCUT2D eigenvalue weighted by Crippen LogP contribution is -2.48. The number of nitrogens with zero attached hydrogens (tertiary/aromatic N) is 1. The number of allylic oxidation sites excluding steroid dienone is 1. The minimum Gasteiger partial charge on any atom is -0.497 e. The average molecular weight is 382 g/mol. The maximum Gasteiger partial charge on any atom is 0.338 e. The summed E-state index contributed by atoms with van der Waals surface area (Å²) in [5.74, 6) is 0.404. The molecule has 0 saturated heterocycles. The van der Waals surface area contributed by atoms with Gasteiger partial charge in [0, 0.05) is 11.4 Å². The van der Waals surface area contributed by atoms with Crippen molar-refractivity contribution in [2.45, 2.75) is 19.9 Å². The number of hydrogen-bond donors (Lipinski definition) is 1. The maximum atomic E-state index is 12.8. The van der Waals surface area contributed by atoms with Crippen LogP contribution in [0.2, 0.25) is 0 Å². The van der Waals surface area contributed by atoms with E-state index in [-0.39, 0.29) is 12.0 Å². The van der Waals surface area contributed by atoms with Crippen molar-refractivity contribution in [2.75, 3.05) is 18.6 Å². The van der Waals surface area contributed by atoms with Crippen LogP contribution in [0.1, 0.15) is 25.5 Å². The highest BCUT2D eigenvalue weighted by molar-refractivity contribution is 7.80. The highest BCUT2D eigenvalue weighted by atomic mass is 32.1. The molecule has 1 aliphatic heterocycles. The molecule has 140 valence electrons. The monoisotopic (exact) mass is 382 g/mol. The molecule has 0 aromatic heterocycles. The average Bonchev–Trinajstić information content (AvgIpc) is 2.69. The van der Waals surface area contributed by atoms with Gasteiger partial charge in [-0.2, -0.15) is 0 Å². The first kappa shape index (κ1) is 18.9. The lowest BCUT2D eigenvalue weighted by atomic mass is 9.95. The molecule has 27 heavy (non-hydrogen) atoms. The van der Waals surface area contributed by atoms with E-state index in [4.69, 9.17) is 21.7 Å². The van der Waals surface area contributed by atoms with E-state index in [2.05, 4.69) is 5.32 Å². The molecule has 3 rings (SSSR count). The van der Waals surface area contributed by atoms with Crippen LogP contribution in [0, 0.1) is 0 Å². The third-order valence-electron chi connectivity index (χ3n) is 4.44. The number of anilines is 1. The van der Waals surface area contributed by atoms with Crippen LogP contribution in [0.3, 0.4) is 0 Å². The van der Waals surface area contributed by atoms with Crippen molar-refractivity contribution in [3.8, 4) is 5.75 Å². The Kier molecular flexibility index (Phi) is 5.76. The van der Waals surface area contributed by atoms with E-state index in [0.29, 0.717) is 17.3 Å². The van der Waals surface area contributed by atoms with E-state index < -0.39 is 0 Å². The molecular formula is C21H22N2O3S. The SMILES string of the molecule is CCOC(=O)C1=C(C)N(c2ccc(OC)cc2)C(=S)N[C@H]1c1ccccc1. The zero-order valence-electron chi connectivity index (χ0n) is 15.6. The fourth-order valence-electron chi connectivity index (χ4n) is 3.15. The quantitative estimate of drug-likeness (QED) is 0.624. The molecule has 5 nitrogen and oxygen atoms in total. The number of thiocarbonyl (C=S) groups is 1. The molecule has 2 aromatic rings. The molecule has 0 spiro atoms. The molecule has 1 atom stereocenters. The second-order valence-electron chi connectivity index (χ2n) is 6.05. The van der Waals surface area contributed by atoms with Gasteiger partial charge >= 0.3 is 5.97 Å². The van der Waals surface area contributed by atoms with E-state index in [9.17, 15) is 4.79 Å². The smallest absolute Gasteiger partial charge is 0.338 e. The van der Waals surface area contributed by atoms with Crippen LogP contribution >= 0.6 is 12.2 Å². The van der Waals surface area contributed by atoms with Crippen LogP contribution in [0.4, 0.5) is 5.69 Å². The van der Waals surface area contributed by atoms with Gasteiger partial charge in [0.05, 0.1) is 25.3 Å². The second kappa shape index (κ2) is 8.22. The minimum absolute atomic E-state index is 0.310. The van der Waals surface area contributed by atoms with Crippen LogP contribution in [0.5, 0.6) is 5.75 Å². The van der Waals surface area contributed by atoms with Crippen molar-refractivity contribution in [1.82, 2.24) is 5.32 Å². The normalized spacial score (nSPS) is 16.8. The van der Waals surface area contributed by atoms with E-state index in [0.717, 1.165) is 22.7 Å². The number of esters is 1. The lowest BCUT2D eigenvalue weighted by Gasteiger charge is -2.37. The molecule has 0 radical (unpaired) electrons. The molecule has 6 heteroatoms. The molecule has 0 bridgehead atoms. The van der Waals surface area contributed by atoms with Crippen LogP contribution in [0.15, 0.2) is 65.9 Å². The van der Waals surface area contributed by atoms with Gasteiger partial charge in [-0.3, -0.25) is 4.90 Å². The Morgan fingerprint density at radius 3 is 2.41 bits per heavy atom. The Labute approximate surface area is 164 Å². The number of ether oxygens (including phenoxy) is 2. The summed E-state index contributed by atoms with van der Waals surface area (Å²) in [5.41, 5.74) is 3.10. The first-order valence-corrected chi connectivity index (χ1v) is 9.15. The molecule has 2 aromatic carbocycles. The van der Waals surface area contributed by atoms with Gasteiger partial charge in [-0.05, 0) is 55.9 Å². The van der Waals surface area contributed by atoms with Crippen molar-refractivity contribution in [3.05, 3.63) is 71.4 Å². The number of rotatable bonds is 5. The highest BCUT2D eigenvalue weighted by Gasteiger charge is 2.35. The van der Waals surface area contributed by atoms with Gasteiger partial charge in [0.25, 0.3) is 0 Å². The number of benzene rings is 2. The van der Waals surface area contributed by atoms with E-state index in [1.54, 1.807) is 14.0 Å². The first-order chi connectivity index (χ1) is 13.1. The van der Waals surface area contributed by atoms with Crippen LogP contribution in [0.25, 0.3) is 0 Å². The van der Waals surface area contributed by atoms with E-state index in [1.165, 1.54) is 0 Å². The van der Waals surface area contributed by atoms with Crippen molar-refractivity contribution >= 4 is 29.0 Å². The zero-order chi connectivity index (χ0) is 19.4. The Morgan fingerprint density at radius 2 is 1.81 bits per heavy atom. The fraction of sp³-hybridized carbons (Fsp3) is 0.238. The second-order valence-corrected chi connectivity index (χ2v) is 6.43. The van der Waals surface area contributed by atoms with Crippen LogP contribution in [-0.4, -0.2) is 24.8 Å². The first-order valence-electron chi connectivity index (χ1n) is 8.74. The highest BCUT2D eigenvalue weighted by Crippen LogP contribution is 2.34. The number of methoxy groups -OCH3 is 1. The summed E-state index contributed by atoms with van der Waals surface area (Å²) < 4.78 is 10.6. The summed E-state index contributed by atoms with van der Waals surface area (Å²) in [6.45, 7) is 4.00. The number of hydrogen-bond acceptors (Lipinski definition) is 4. The van der Waals surface area contributed by atoms with E-state index in [1.807, 2.05) is 66.4 Å². The van der Waals surface area contributed by atoms with Gasteiger partial charge in [0.2, 0.25) is 0 Å². The van der Waals surface area contributed by atoms with Crippen molar-refractivity contribution in [3.63, 3.8) is 0 Å². The summed E-state index contributed by atoms with van der Waals surface area (Å²) in [6, 6.07) is 16.9. The molecule has 0 aliphatic carbocycles. The molecule has 1 N–H and O–H groups in total. The standard InChI is InChI=1S/C21H22N2O3S/c1-4-26-20(24)18-14(2)23(16-10-12-17(25-3)13-11-16)21(27)22-19(18)15-8-6-5-7-9-15/h5-13,19H,4H2,1-3H3,(H,22,27)/t19-/m0/s1. The zero-order valence-corrected chi connectivity index (χ0v) is 16.4. The van der Waals surface area contributed by atoms with Gasteiger partial charge in [-0.15, -0.1) is 0 Å². The van der Waals surface area contributed by atoms with Crippen molar-refractivity contribution < 1.29 is 14.3 Å². The number of nitrogens with one attached hydrogen (secondary N) is 1. The Morgan fingerprint density at radius 1 is 1.15 bits per heavy atom. The third kappa shape index (κ3) is 3.80. The lowest BCUT2D eigenvalue weighted by molar-refractivity contribution is -0.139. The molecule has 1 heterocycles. The molecule has 1 aliphatic rings. The summed E-state index contributed by atoms with van der Waals surface area (Å²) in [4.78, 5) is 14.6. The maximum absolute atomic E-state index is 12.8. The molecule has 0 fully saturated rings. The van der Waals surface area contributed by atoms with Crippen LogP contribution in [-0.2, 0) is 9.53 Å². The Bertz CT molecular complexity index is 863. The molecule has 0 unspecified atom stereocenters. The Hall–Kier alpha value is -2.86. The van der Waals surface area contributed by atoms with Gasteiger partial charge in [-0.1, -0.05) is 30.3 Å². The molecular weight excluding hydrogens is 360 g/mol. The van der Waals surface area contributed by atoms with Gasteiger partial charge in [0.1, 0.15) is 5.75 Å². The topological polar surface area (TPSA) is 50.8 Å². The van der Waals surface area contributed by atoms with E-state index >= 15 is 0 Å². The summed E-state index contributed by atoms with van der Waals surface area (Å²) >= 11 is 5.63. The predicted molar refractivity (Wildman–Crippen MR) is 110 cm³/mol. The Balaban J connectivity index is 2.09. The van der Waals surface area contributed by atoms with Gasteiger partial charge < -0.3 is 14.8 Å². The van der Waals surface area contributed by atoms with Crippen molar-refractivity contribution in [1.29, 1.82) is 0 Å². The van der Waals surface area contributed by atoms with Gasteiger partial charge in [0.15, 0.2) is 5.11 Å². The summed E-state index contributed by atoms with van der Waals surface area (Å²) in [5, 5.41) is 3.82. The largest absolute Gasteiger partial charge is 0.497 e. The molecule has 0 saturated carbocycles. The summed E-state index contributed by atoms with van der Waals surface area (Å²) in [6.07, 6.45) is 0. The summed E-state index contributed by atoms with van der Waals surface area (Å²) in [7, 11) is 1.62. The number of carbonyl (C=O) groups excluding carboxylic acids is 1. The molecule has 0 amide bonds. The minimum atomic E-state index is -0.354. The fourth-order valence-corrected chi connectivity index (χ4v) is 3.51. The van der Waals surface area contributed by atoms with Crippen LogP contribution < -0.4 is 15.0 Å². The third-order valence-corrected chi connectivity index (χ3v) is 4.74. The predicted octanol–water partition coefficient (Wildman–Crippen LogP) is 3.97. The van der Waals surface area contributed by atoms with Gasteiger partial charge in [-0.25, -0.2) is 4.79 Å².